The standard InChI is InChI=1S/C15H15BrClNO/c1-2-19-15-6-4-3-5-14(15)18-10-11-7-8-12(17)9-13(11)16/h3-9,18H,2,10H2,1H3. The van der Waals surface area contributed by atoms with Gasteiger partial charge >= 0.3 is 0 Å². The molecule has 0 radical (unpaired) electrons. The van der Waals surface area contributed by atoms with Gasteiger partial charge in [-0.05, 0) is 36.8 Å². The molecule has 2 rings (SSSR count). The Labute approximate surface area is 126 Å². The second-order valence-corrected chi connectivity index (χ2v) is 5.31. The van der Waals surface area contributed by atoms with Gasteiger partial charge in [0.05, 0.1) is 12.3 Å². The maximum Gasteiger partial charge on any atom is 0.142 e. The molecule has 2 aromatic rings. The summed E-state index contributed by atoms with van der Waals surface area (Å²) in [5.74, 6) is 0.870. The first-order valence-electron chi connectivity index (χ1n) is 6.10. The van der Waals surface area contributed by atoms with Crippen molar-refractivity contribution in [2.75, 3.05) is 11.9 Å². The largest absolute Gasteiger partial charge is 0.492 e. The highest BCUT2D eigenvalue weighted by atomic mass is 79.9. The van der Waals surface area contributed by atoms with E-state index in [0.29, 0.717) is 13.2 Å². The predicted octanol–water partition coefficient (Wildman–Crippen LogP) is 5.11. The highest BCUT2D eigenvalue weighted by Gasteiger charge is 2.04. The van der Waals surface area contributed by atoms with Gasteiger partial charge in [0.2, 0.25) is 0 Å². The summed E-state index contributed by atoms with van der Waals surface area (Å²) in [6.45, 7) is 3.34. The molecule has 100 valence electrons. The number of hydrogen-bond donors (Lipinski definition) is 1. The van der Waals surface area contributed by atoms with E-state index in [9.17, 15) is 0 Å². The van der Waals surface area contributed by atoms with Gasteiger partial charge in [0.15, 0.2) is 0 Å². The van der Waals surface area contributed by atoms with Crippen LogP contribution in [0.5, 0.6) is 5.75 Å². The molecule has 0 aliphatic heterocycles. The van der Waals surface area contributed by atoms with Gasteiger partial charge in [-0.1, -0.05) is 45.7 Å². The average molecular weight is 341 g/mol. The fraction of sp³-hybridized carbons (Fsp3) is 0.200. The number of para-hydroxylation sites is 2. The molecule has 0 saturated heterocycles. The van der Waals surface area contributed by atoms with Gasteiger partial charge < -0.3 is 10.1 Å². The van der Waals surface area contributed by atoms with E-state index in [-0.39, 0.29) is 0 Å². The number of rotatable bonds is 5. The maximum absolute atomic E-state index is 5.93. The highest BCUT2D eigenvalue weighted by molar-refractivity contribution is 9.10. The maximum atomic E-state index is 5.93. The van der Waals surface area contributed by atoms with Crippen molar-refractivity contribution in [1.29, 1.82) is 0 Å². The fourth-order valence-corrected chi connectivity index (χ4v) is 2.57. The second-order valence-electron chi connectivity index (χ2n) is 4.02. The quantitative estimate of drug-likeness (QED) is 0.816. The molecule has 0 saturated carbocycles. The minimum Gasteiger partial charge on any atom is -0.492 e. The SMILES string of the molecule is CCOc1ccccc1NCc1ccc(Cl)cc1Br. The lowest BCUT2D eigenvalue weighted by molar-refractivity contribution is 0.341. The van der Waals surface area contributed by atoms with Crippen molar-refractivity contribution in [2.24, 2.45) is 0 Å². The van der Waals surface area contributed by atoms with Crippen molar-refractivity contribution >= 4 is 33.2 Å². The van der Waals surface area contributed by atoms with Crippen molar-refractivity contribution in [2.45, 2.75) is 13.5 Å². The van der Waals surface area contributed by atoms with Crippen LogP contribution in [-0.4, -0.2) is 6.61 Å². The Morgan fingerprint density at radius 3 is 2.74 bits per heavy atom. The molecule has 0 heterocycles. The monoisotopic (exact) mass is 339 g/mol. The van der Waals surface area contributed by atoms with Gasteiger partial charge in [-0.15, -0.1) is 0 Å². The number of nitrogens with one attached hydrogen (secondary N) is 1. The van der Waals surface area contributed by atoms with Crippen LogP contribution in [0.25, 0.3) is 0 Å². The number of ether oxygens (including phenoxy) is 1. The molecule has 0 atom stereocenters. The van der Waals surface area contributed by atoms with Crippen molar-refractivity contribution in [3.8, 4) is 5.75 Å². The first-order valence-corrected chi connectivity index (χ1v) is 7.27. The van der Waals surface area contributed by atoms with Gasteiger partial charge in [-0.25, -0.2) is 0 Å². The zero-order valence-corrected chi connectivity index (χ0v) is 13.0. The number of anilines is 1. The summed E-state index contributed by atoms with van der Waals surface area (Å²) in [5.41, 5.74) is 2.14. The molecule has 0 amide bonds. The van der Waals surface area contributed by atoms with Crippen molar-refractivity contribution in [1.82, 2.24) is 0 Å². The average Bonchev–Trinajstić information content (AvgIpc) is 2.40. The lowest BCUT2D eigenvalue weighted by Crippen LogP contribution is -2.03. The van der Waals surface area contributed by atoms with E-state index < -0.39 is 0 Å². The van der Waals surface area contributed by atoms with E-state index in [1.54, 1.807) is 0 Å². The van der Waals surface area contributed by atoms with Crippen LogP contribution in [0.3, 0.4) is 0 Å². The molecule has 2 aromatic carbocycles. The van der Waals surface area contributed by atoms with E-state index in [1.165, 1.54) is 0 Å². The Balaban J connectivity index is 2.10. The number of benzene rings is 2. The van der Waals surface area contributed by atoms with Crippen LogP contribution in [0.4, 0.5) is 5.69 Å². The van der Waals surface area contributed by atoms with Crippen LogP contribution in [0.1, 0.15) is 12.5 Å². The summed E-state index contributed by atoms with van der Waals surface area (Å²) in [6, 6.07) is 13.7. The second kappa shape index (κ2) is 6.83. The molecule has 0 aromatic heterocycles. The molecule has 0 unspecified atom stereocenters. The topological polar surface area (TPSA) is 21.3 Å². The summed E-state index contributed by atoms with van der Waals surface area (Å²) in [6.07, 6.45) is 0. The van der Waals surface area contributed by atoms with E-state index in [1.807, 2.05) is 49.4 Å². The van der Waals surface area contributed by atoms with E-state index in [2.05, 4.69) is 21.2 Å². The van der Waals surface area contributed by atoms with Crippen LogP contribution in [0.15, 0.2) is 46.9 Å². The van der Waals surface area contributed by atoms with Crippen molar-refractivity contribution < 1.29 is 4.74 Å². The van der Waals surface area contributed by atoms with E-state index in [4.69, 9.17) is 16.3 Å². The van der Waals surface area contributed by atoms with E-state index in [0.717, 1.165) is 26.5 Å². The van der Waals surface area contributed by atoms with Crippen molar-refractivity contribution in [3.05, 3.63) is 57.5 Å². The Morgan fingerprint density at radius 1 is 1.21 bits per heavy atom. The minimum atomic E-state index is 0.656. The Hall–Kier alpha value is -1.19. The molecule has 2 nitrogen and oxygen atoms in total. The third-order valence-electron chi connectivity index (χ3n) is 2.67. The summed E-state index contributed by atoms with van der Waals surface area (Å²) < 4.78 is 6.58. The zero-order chi connectivity index (χ0) is 13.7. The van der Waals surface area contributed by atoms with Crippen LogP contribution in [-0.2, 0) is 6.54 Å². The van der Waals surface area contributed by atoms with Crippen LogP contribution in [0, 0.1) is 0 Å². The highest BCUT2D eigenvalue weighted by Crippen LogP contribution is 2.26. The van der Waals surface area contributed by atoms with E-state index >= 15 is 0 Å². The van der Waals surface area contributed by atoms with Gasteiger partial charge in [-0.3, -0.25) is 0 Å². The first kappa shape index (κ1) is 14.2. The molecule has 0 aliphatic carbocycles. The van der Waals surface area contributed by atoms with Gasteiger partial charge in [-0.2, -0.15) is 0 Å². The summed E-state index contributed by atoms with van der Waals surface area (Å²) in [5, 5.41) is 4.10. The van der Waals surface area contributed by atoms with Gasteiger partial charge in [0.1, 0.15) is 5.75 Å². The van der Waals surface area contributed by atoms with Crippen LogP contribution >= 0.6 is 27.5 Å². The van der Waals surface area contributed by atoms with Crippen molar-refractivity contribution in [3.63, 3.8) is 0 Å². The Kier molecular flexibility index (Phi) is 5.11. The van der Waals surface area contributed by atoms with Gasteiger partial charge in [0.25, 0.3) is 0 Å². The lowest BCUT2D eigenvalue weighted by Gasteiger charge is -2.13. The molecule has 0 spiro atoms. The molecule has 4 heteroatoms. The molecular weight excluding hydrogens is 326 g/mol. The molecule has 0 aliphatic rings. The molecule has 1 N–H and O–H groups in total. The summed E-state index contributed by atoms with van der Waals surface area (Å²) in [7, 11) is 0. The molecule has 0 fully saturated rings. The predicted molar refractivity (Wildman–Crippen MR) is 84.1 cm³/mol. The normalized spacial score (nSPS) is 10.3. The lowest BCUT2D eigenvalue weighted by atomic mass is 10.2. The zero-order valence-electron chi connectivity index (χ0n) is 10.6. The third-order valence-corrected chi connectivity index (χ3v) is 3.64. The van der Waals surface area contributed by atoms with Crippen LogP contribution in [0.2, 0.25) is 5.02 Å². The summed E-state index contributed by atoms with van der Waals surface area (Å²) >= 11 is 9.44. The molecular formula is C15H15BrClNO. The fourth-order valence-electron chi connectivity index (χ4n) is 1.75. The van der Waals surface area contributed by atoms with Crippen LogP contribution < -0.4 is 10.1 Å². The molecule has 0 bridgehead atoms. The summed E-state index contributed by atoms with van der Waals surface area (Å²) in [4.78, 5) is 0. The van der Waals surface area contributed by atoms with Gasteiger partial charge in [0, 0.05) is 16.0 Å². The Bertz CT molecular complexity index is 560. The minimum absolute atomic E-state index is 0.656. The number of hydrogen-bond acceptors (Lipinski definition) is 2. The smallest absolute Gasteiger partial charge is 0.142 e. The molecule has 19 heavy (non-hydrogen) atoms. The Morgan fingerprint density at radius 2 is 2.00 bits per heavy atom. The third kappa shape index (κ3) is 3.88. The number of halogens is 2. The first-order chi connectivity index (χ1) is 9.20.